The average Bonchev–Trinajstić information content (AvgIpc) is 3.64. The van der Waals surface area contributed by atoms with Crippen LogP contribution in [-0.2, 0) is 20.1 Å². The Morgan fingerprint density at radius 2 is 1.32 bits per heavy atom. The zero-order valence-electron chi connectivity index (χ0n) is 36.3. The maximum atomic E-state index is 8.13. The fourth-order valence-electron chi connectivity index (χ4n) is 8.89. The van der Waals surface area contributed by atoms with Gasteiger partial charge in [0, 0.05) is 54.7 Å². The molecular formula is C51H51IrN3O2-2. The fourth-order valence-corrected chi connectivity index (χ4v) is 8.89. The van der Waals surface area contributed by atoms with Crippen LogP contribution in [0.1, 0.15) is 114 Å². The van der Waals surface area contributed by atoms with Gasteiger partial charge >= 0.3 is 0 Å². The molecule has 7 aromatic rings. The Morgan fingerprint density at radius 3 is 2.04 bits per heavy atom. The van der Waals surface area contributed by atoms with Crippen molar-refractivity contribution in [2.24, 2.45) is 0 Å². The van der Waals surface area contributed by atoms with E-state index in [1.54, 1.807) is 18.2 Å². The van der Waals surface area contributed by atoms with Gasteiger partial charge in [0.2, 0.25) is 0 Å². The van der Waals surface area contributed by atoms with E-state index in [0.29, 0.717) is 46.0 Å². The molecule has 2 fully saturated rings. The smallest absolute Gasteiger partial charge is 0.141 e. The van der Waals surface area contributed by atoms with Gasteiger partial charge in [-0.1, -0.05) is 90.9 Å². The Kier molecular flexibility index (Phi) is 10.3. The normalized spacial score (nSPS) is 16.6. The summed E-state index contributed by atoms with van der Waals surface area (Å²) in [6.45, 7) is 5.60. The van der Waals surface area contributed by atoms with Crippen molar-refractivity contribution in [2.75, 3.05) is 11.9 Å². The van der Waals surface area contributed by atoms with Crippen LogP contribution in [0.5, 0.6) is 11.5 Å². The first kappa shape index (κ1) is 35.4. The summed E-state index contributed by atoms with van der Waals surface area (Å²) in [4.78, 5) is 10.7. The van der Waals surface area contributed by atoms with Crippen molar-refractivity contribution >= 4 is 33.3 Å². The number of anilines is 2. The van der Waals surface area contributed by atoms with Gasteiger partial charge in [0.05, 0.1) is 17.0 Å². The number of rotatable bonds is 4. The largest absolute Gasteiger partial charge is 0.501 e. The first-order valence-corrected chi connectivity index (χ1v) is 20.4. The van der Waals surface area contributed by atoms with Crippen molar-refractivity contribution in [3.63, 3.8) is 0 Å². The Balaban J connectivity index is 0.000000165. The number of aromatic nitrogens is 2. The minimum atomic E-state index is -2.36. The first-order chi connectivity index (χ1) is 28.5. The second-order valence-electron chi connectivity index (χ2n) is 16.1. The molecule has 3 aromatic heterocycles. The number of furan rings is 1. The Labute approximate surface area is 355 Å². The SMILES string of the molecule is [2H]C([2H])([2H])N1c2cc[c-]c(-c3cc(C)c(C)cn3)c2Oc2c1ccc(C)c2C.[Ir].[c-]1ccc2c(oc3ccc(C4CCCCC4)cc32)c1-c1ccc(C2CCCCC2)cn1. The van der Waals surface area contributed by atoms with E-state index < -0.39 is 6.98 Å². The minimum absolute atomic E-state index is 0. The van der Waals surface area contributed by atoms with Gasteiger partial charge in [-0.2, -0.15) is 0 Å². The van der Waals surface area contributed by atoms with E-state index >= 15 is 0 Å². The van der Waals surface area contributed by atoms with E-state index in [1.165, 1.54) is 91.0 Å². The van der Waals surface area contributed by atoms with E-state index in [-0.39, 0.29) is 20.1 Å². The molecule has 293 valence electrons. The molecule has 0 atom stereocenters. The number of aryl methyl sites for hydroxylation is 3. The predicted molar refractivity (Wildman–Crippen MR) is 229 cm³/mol. The van der Waals surface area contributed by atoms with E-state index in [1.807, 2.05) is 52.1 Å². The Morgan fingerprint density at radius 1 is 0.632 bits per heavy atom. The van der Waals surface area contributed by atoms with Crippen LogP contribution < -0.4 is 9.64 Å². The second-order valence-corrected chi connectivity index (χ2v) is 16.1. The van der Waals surface area contributed by atoms with Gasteiger partial charge in [0.15, 0.2) is 0 Å². The van der Waals surface area contributed by atoms with Crippen molar-refractivity contribution < 1.29 is 33.4 Å². The van der Waals surface area contributed by atoms with Crippen molar-refractivity contribution in [3.05, 3.63) is 131 Å². The summed E-state index contributed by atoms with van der Waals surface area (Å²) in [7, 11) is 0. The number of ether oxygens (including phenoxy) is 1. The van der Waals surface area contributed by atoms with Crippen LogP contribution in [0.4, 0.5) is 11.4 Å². The summed E-state index contributed by atoms with van der Waals surface area (Å²) < 4.78 is 37.0. The van der Waals surface area contributed by atoms with Crippen LogP contribution in [0, 0.1) is 39.8 Å². The molecule has 2 saturated carbocycles. The van der Waals surface area contributed by atoms with Crippen LogP contribution in [-0.4, -0.2) is 16.9 Å². The van der Waals surface area contributed by atoms with Crippen molar-refractivity contribution in [2.45, 2.75) is 104 Å². The average molecular weight is 933 g/mol. The maximum Gasteiger partial charge on any atom is 0.141 e. The molecule has 1 radical (unpaired) electrons. The molecule has 0 amide bonds. The monoisotopic (exact) mass is 933 g/mol. The summed E-state index contributed by atoms with van der Waals surface area (Å²) in [5.74, 6) is 2.41. The van der Waals surface area contributed by atoms with E-state index in [4.69, 9.17) is 18.3 Å². The van der Waals surface area contributed by atoms with Crippen LogP contribution in [0.2, 0.25) is 0 Å². The van der Waals surface area contributed by atoms with Gasteiger partial charge in [0.25, 0.3) is 0 Å². The third kappa shape index (κ3) is 7.55. The van der Waals surface area contributed by atoms with Crippen molar-refractivity contribution in [3.8, 4) is 34.0 Å². The standard InChI is InChI=1S/C29H30NO.C22H21N2O.Ir/c1-3-8-20(9-4-1)22-15-17-28-26(18-22)24-12-7-13-25(29(24)31-28)27-16-14-23(19-30-27)21-10-5-2-6-11-21;1-13-9-10-20-21(16(13)4)25-22-17(7-6-8-19(22)24(20)5)18-11-14(2)15(3)12-23-18;/h7,12,14-21H,1-6,8-11H2;6,8-12H,1-5H3;/q2*-1;/i;5D3;. The number of fused-ring (bicyclic) bond motifs is 5. The second kappa shape index (κ2) is 16.6. The van der Waals surface area contributed by atoms with Crippen LogP contribution in [0.3, 0.4) is 0 Å². The molecule has 4 heterocycles. The van der Waals surface area contributed by atoms with Crippen molar-refractivity contribution in [1.29, 1.82) is 0 Å². The molecule has 0 spiro atoms. The fraction of sp³-hybridized carbons (Fsp3) is 0.333. The first-order valence-electron chi connectivity index (χ1n) is 21.9. The molecule has 57 heavy (non-hydrogen) atoms. The summed E-state index contributed by atoms with van der Waals surface area (Å²) in [6.07, 6.45) is 17.3. The minimum Gasteiger partial charge on any atom is -0.501 e. The molecule has 0 unspecified atom stereocenters. The molecule has 3 aliphatic rings. The summed E-state index contributed by atoms with van der Waals surface area (Å²) >= 11 is 0. The summed E-state index contributed by atoms with van der Waals surface area (Å²) in [5, 5.41) is 2.41. The van der Waals surface area contributed by atoms with Gasteiger partial charge in [0.1, 0.15) is 11.3 Å². The van der Waals surface area contributed by atoms with Crippen LogP contribution in [0.15, 0.2) is 89.6 Å². The molecule has 0 bridgehead atoms. The third-order valence-corrected chi connectivity index (χ3v) is 12.5. The number of nitrogens with zero attached hydrogens (tertiary/aromatic N) is 3. The van der Waals surface area contributed by atoms with Gasteiger partial charge in [-0.15, -0.1) is 36.4 Å². The Hall–Kier alpha value is -4.77. The molecule has 10 rings (SSSR count). The molecule has 5 nitrogen and oxygen atoms in total. The van der Waals surface area contributed by atoms with Gasteiger partial charge in [-0.3, -0.25) is 0 Å². The van der Waals surface area contributed by atoms with Gasteiger partial charge in [-0.25, -0.2) is 0 Å². The summed E-state index contributed by atoms with van der Waals surface area (Å²) in [5.41, 5.74) is 13.2. The predicted octanol–water partition coefficient (Wildman–Crippen LogP) is 14.2. The van der Waals surface area contributed by atoms with Gasteiger partial charge < -0.3 is 24.0 Å². The quantitative estimate of drug-likeness (QED) is 0.165. The number of hydrogen-bond donors (Lipinski definition) is 0. The number of hydrogen-bond acceptors (Lipinski definition) is 5. The Bertz CT molecular complexity index is 2660. The molecule has 1 aliphatic heterocycles. The van der Waals surface area contributed by atoms with Crippen LogP contribution in [0.25, 0.3) is 44.5 Å². The zero-order chi connectivity index (χ0) is 40.8. The number of pyridine rings is 2. The molecular weight excluding hydrogens is 879 g/mol. The molecule has 2 aliphatic carbocycles. The molecule has 0 N–H and O–H groups in total. The molecule has 0 saturated heterocycles. The van der Waals surface area contributed by atoms with Crippen LogP contribution >= 0.6 is 0 Å². The third-order valence-electron chi connectivity index (χ3n) is 12.5. The van der Waals surface area contributed by atoms with E-state index in [2.05, 4.69) is 59.7 Å². The van der Waals surface area contributed by atoms with Crippen molar-refractivity contribution in [1.82, 2.24) is 9.97 Å². The summed E-state index contributed by atoms with van der Waals surface area (Å²) in [6, 6.07) is 31.2. The zero-order valence-corrected chi connectivity index (χ0v) is 35.7. The molecule has 4 aromatic carbocycles. The molecule has 6 heteroatoms. The van der Waals surface area contributed by atoms with E-state index in [0.717, 1.165) is 44.7 Å². The van der Waals surface area contributed by atoms with Gasteiger partial charge in [-0.05, 0) is 123 Å². The van der Waals surface area contributed by atoms with E-state index in [9.17, 15) is 0 Å². The number of benzene rings is 4. The maximum absolute atomic E-state index is 8.13. The topological polar surface area (TPSA) is 51.4 Å².